The second-order valence-corrected chi connectivity index (χ2v) is 13.7. The van der Waals surface area contributed by atoms with Crippen LogP contribution in [0.1, 0.15) is 60.0 Å². The van der Waals surface area contributed by atoms with Crippen molar-refractivity contribution in [2.45, 2.75) is 49.9 Å². The SMILES string of the molecule is COC(=O)N[C@@H](C(=O)N1CCC[C@H]1C(=O)Nc1cccc(C#Cc2cccc(NC(=O)[C@@H]3CCCN3C(=O)[C@H](NC(=O)OC)c3ccccc3)c2)c1)c1ccccc1. The number of alkyl carbamates (subject to hydrolysis) is 2. The van der Waals surface area contributed by atoms with Crippen LogP contribution in [0.2, 0.25) is 0 Å². The fourth-order valence-electron chi connectivity index (χ4n) is 7.10. The molecule has 4 aromatic carbocycles. The van der Waals surface area contributed by atoms with Crippen molar-refractivity contribution in [1.82, 2.24) is 20.4 Å². The van der Waals surface area contributed by atoms with Gasteiger partial charge in [0.15, 0.2) is 0 Å². The molecule has 6 rings (SSSR count). The molecule has 58 heavy (non-hydrogen) atoms. The highest BCUT2D eigenvalue weighted by Gasteiger charge is 2.40. The third-order valence-corrected chi connectivity index (χ3v) is 9.94. The number of nitrogens with one attached hydrogen (secondary N) is 4. The van der Waals surface area contributed by atoms with Crippen LogP contribution in [0.15, 0.2) is 109 Å². The molecular formula is C44H44N6O8. The third-order valence-electron chi connectivity index (χ3n) is 9.94. The highest BCUT2D eigenvalue weighted by atomic mass is 16.5. The lowest BCUT2D eigenvalue weighted by atomic mass is 10.0. The zero-order valence-corrected chi connectivity index (χ0v) is 32.1. The van der Waals surface area contributed by atoms with Crippen molar-refractivity contribution in [1.29, 1.82) is 0 Å². The fourth-order valence-corrected chi connectivity index (χ4v) is 7.10. The molecule has 0 saturated carbocycles. The number of carbonyl (C=O) groups excluding carboxylic acids is 6. The maximum absolute atomic E-state index is 13.7. The van der Waals surface area contributed by atoms with Gasteiger partial charge >= 0.3 is 12.2 Å². The normalized spacial score (nSPS) is 16.8. The quantitative estimate of drug-likeness (QED) is 0.160. The van der Waals surface area contributed by atoms with Gasteiger partial charge in [0.25, 0.3) is 11.8 Å². The number of nitrogens with zero attached hydrogens (tertiary/aromatic N) is 2. The second-order valence-electron chi connectivity index (χ2n) is 13.7. The maximum Gasteiger partial charge on any atom is 0.407 e. The molecule has 0 aliphatic carbocycles. The smallest absolute Gasteiger partial charge is 0.407 e. The van der Waals surface area contributed by atoms with E-state index < -0.39 is 48.2 Å². The van der Waals surface area contributed by atoms with Gasteiger partial charge in [-0.1, -0.05) is 84.6 Å². The van der Waals surface area contributed by atoms with Crippen LogP contribution in [-0.2, 0) is 28.7 Å². The summed E-state index contributed by atoms with van der Waals surface area (Å²) in [5.74, 6) is 4.67. The van der Waals surface area contributed by atoms with Crippen molar-refractivity contribution in [3.63, 3.8) is 0 Å². The molecule has 0 unspecified atom stereocenters. The Morgan fingerprint density at radius 3 is 1.34 bits per heavy atom. The van der Waals surface area contributed by atoms with Gasteiger partial charge in [0.05, 0.1) is 14.2 Å². The van der Waals surface area contributed by atoms with Gasteiger partial charge in [0, 0.05) is 35.6 Å². The van der Waals surface area contributed by atoms with E-state index in [-0.39, 0.29) is 11.8 Å². The largest absolute Gasteiger partial charge is 0.453 e. The van der Waals surface area contributed by atoms with Crippen LogP contribution >= 0.6 is 0 Å². The average Bonchev–Trinajstić information content (AvgIpc) is 3.96. The van der Waals surface area contributed by atoms with Gasteiger partial charge in [-0.3, -0.25) is 19.2 Å². The average molecular weight is 785 g/mol. The molecule has 2 aliphatic rings. The monoisotopic (exact) mass is 784 g/mol. The van der Waals surface area contributed by atoms with E-state index in [9.17, 15) is 28.8 Å². The molecule has 0 radical (unpaired) electrons. The van der Waals surface area contributed by atoms with Gasteiger partial charge in [-0.15, -0.1) is 0 Å². The lowest BCUT2D eigenvalue weighted by Crippen LogP contribution is -2.48. The number of amides is 6. The summed E-state index contributed by atoms with van der Waals surface area (Å²) in [4.78, 5) is 81.9. The first-order valence-corrected chi connectivity index (χ1v) is 18.9. The van der Waals surface area contributed by atoms with Crippen LogP contribution in [-0.4, -0.2) is 85.0 Å². The Bertz CT molecular complexity index is 2050. The summed E-state index contributed by atoms with van der Waals surface area (Å²) in [6.07, 6.45) is 0.639. The Hall–Kier alpha value is -7.14. The van der Waals surface area contributed by atoms with E-state index >= 15 is 0 Å². The minimum Gasteiger partial charge on any atom is -0.453 e. The highest BCUT2D eigenvalue weighted by Crippen LogP contribution is 2.27. The van der Waals surface area contributed by atoms with Crippen molar-refractivity contribution >= 4 is 47.2 Å². The van der Waals surface area contributed by atoms with Crippen LogP contribution in [0.4, 0.5) is 21.0 Å². The van der Waals surface area contributed by atoms with E-state index in [4.69, 9.17) is 9.47 Å². The predicted octanol–water partition coefficient (Wildman–Crippen LogP) is 5.14. The van der Waals surface area contributed by atoms with E-state index in [0.29, 0.717) is 72.4 Å². The highest BCUT2D eigenvalue weighted by molar-refractivity contribution is 6.00. The van der Waals surface area contributed by atoms with Crippen molar-refractivity contribution in [3.05, 3.63) is 131 Å². The summed E-state index contributed by atoms with van der Waals surface area (Å²) in [5, 5.41) is 11.0. The number of hydrogen-bond acceptors (Lipinski definition) is 8. The van der Waals surface area contributed by atoms with Crippen molar-refractivity contribution < 1.29 is 38.2 Å². The van der Waals surface area contributed by atoms with E-state index in [1.165, 1.54) is 24.0 Å². The van der Waals surface area contributed by atoms with E-state index in [1.807, 2.05) is 0 Å². The minimum atomic E-state index is -1.02. The molecule has 2 heterocycles. The topological polar surface area (TPSA) is 175 Å². The first-order valence-electron chi connectivity index (χ1n) is 18.9. The third kappa shape index (κ3) is 9.99. The number of ether oxygens (including phenoxy) is 2. The summed E-state index contributed by atoms with van der Waals surface area (Å²) >= 11 is 0. The maximum atomic E-state index is 13.7. The molecule has 0 spiro atoms. The van der Waals surface area contributed by atoms with E-state index in [2.05, 4.69) is 33.1 Å². The van der Waals surface area contributed by atoms with Gasteiger partial charge in [0.2, 0.25) is 11.8 Å². The van der Waals surface area contributed by atoms with Crippen LogP contribution in [0, 0.1) is 11.8 Å². The molecule has 4 atom stereocenters. The number of hydrogen-bond donors (Lipinski definition) is 4. The Labute approximate surface area is 336 Å². The molecule has 298 valence electrons. The van der Waals surface area contributed by atoms with Crippen molar-refractivity contribution in [3.8, 4) is 11.8 Å². The molecule has 6 amide bonds. The molecule has 14 nitrogen and oxygen atoms in total. The van der Waals surface area contributed by atoms with Crippen molar-refractivity contribution in [2.75, 3.05) is 37.9 Å². The Kier molecular flexibility index (Phi) is 13.4. The molecule has 2 saturated heterocycles. The van der Waals surface area contributed by atoms with Crippen LogP contribution in [0.3, 0.4) is 0 Å². The molecule has 0 aromatic heterocycles. The van der Waals surface area contributed by atoms with Gasteiger partial charge in [-0.2, -0.15) is 0 Å². The number of anilines is 2. The molecule has 0 bridgehead atoms. The molecule has 4 aromatic rings. The van der Waals surface area contributed by atoms with Gasteiger partial charge in [-0.05, 0) is 73.2 Å². The van der Waals surface area contributed by atoms with Crippen LogP contribution in [0.5, 0.6) is 0 Å². The fraction of sp³-hybridized carbons (Fsp3) is 0.273. The van der Waals surface area contributed by atoms with E-state index in [1.54, 1.807) is 109 Å². The Balaban J connectivity index is 1.09. The molecule has 4 N–H and O–H groups in total. The lowest BCUT2D eigenvalue weighted by Gasteiger charge is -2.28. The molecule has 14 heteroatoms. The molecule has 2 fully saturated rings. The second kappa shape index (κ2) is 19.1. The zero-order valence-electron chi connectivity index (χ0n) is 32.1. The van der Waals surface area contributed by atoms with Gasteiger partial charge in [0.1, 0.15) is 24.2 Å². The van der Waals surface area contributed by atoms with Gasteiger partial charge < -0.3 is 40.5 Å². The summed E-state index contributed by atoms with van der Waals surface area (Å²) in [6, 6.07) is 28.1. The molecule has 2 aliphatic heterocycles. The standard InChI is InChI=1S/C44H44N6O8/c1-57-43(55)47-37(31-15-5-3-6-16-31)41(53)49-25-11-21-35(49)39(51)45-33-19-9-13-29(27-33)23-24-30-14-10-20-34(28-30)46-40(52)36-22-12-26-50(36)42(54)38(48-44(56)58-2)32-17-7-4-8-18-32/h3-10,13-20,27-28,35-38H,11-12,21-22,25-26H2,1-2H3,(H,45,51)(H,46,52)(H,47,55)(H,48,56)/t35-,36-,37+,38+/m0/s1. The predicted molar refractivity (Wildman–Crippen MR) is 215 cm³/mol. The summed E-state index contributed by atoms with van der Waals surface area (Å²) in [7, 11) is 2.44. The number of methoxy groups -OCH3 is 2. The van der Waals surface area contributed by atoms with Crippen LogP contribution < -0.4 is 21.3 Å². The number of rotatable bonds is 10. The van der Waals surface area contributed by atoms with Crippen LogP contribution in [0.25, 0.3) is 0 Å². The van der Waals surface area contributed by atoms with E-state index in [0.717, 1.165) is 0 Å². The summed E-state index contributed by atoms with van der Waals surface area (Å²) in [5.41, 5.74) is 3.37. The number of benzene rings is 4. The van der Waals surface area contributed by atoms with Crippen molar-refractivity contribution in [2.24, 2.45) is 0 Å². The van der Waals surface area contributed by atoms with Gasteiger partial charge in [-0.25, -0.2) is 9.59 Å². The Morgan fingerprint density at radius 1 is 0.569 bits per heavy atom. The number of carbonyl (C=O) groups is 6. The number of likely N-dealkylation sites (tertiary alicyclic amines) is 2. The summed E-state index contributed by atoms with van der Waals surface area (Å²) in [6.45, 7) is 0.711. The molecular weight excluding hydrogens is 741 g/mol. The summed E-state index contributed by atoms with van der Waals surface area (Å²) < 4.78 is 9.51. The lowest BCUT2D eigenvalue weighted by molar-refractivity contribution is -0.138. The first-order chi connectivity index (χ1) is 28.1. The zero-order chi connectivity index (χ0) is 41.0. The minimum absolute atomic E-state index is 0.356. The Morgan fingerprint density at radius 2 is 0.966 bits per heavy atom. The first kappa shape index (κ1) is 40.5.